The topological polar surface area (TPSA) is 60.9 Å². The smallest absolute Gasteiger partial charge is 0.308 e. The Kier molecular flexibility index (Phi) is 4.95. The summed E-state index contributed by atoms with van der Waals surface area (Å²) < 4.78 is 18.0. The number of carboxylic acid groups (broad SMARTS) is 1. The summed E-state index contributed by atoms with van der Waals surface area (Å²) in [4.78, 5) is 11.4. The van der Waals surface area contributed by atoms with E-state index in [2.05, 4.69) is 0 Å². The van der Waals surface area contributed by atoms with Gasteiger partial charge in [-0.2, -0.15) is 0 Å². The number of hydrogen-bond acceptors (Lipinski definition) is 2. The molecular weight excluding hydrogens is 335 g/mol. The third-order valence-corrected chi connectivity index (χ3v) is 7.66. The highest BCUT2D eigenvalue weighted by Gasteiger charge is 2.46. The zero-order valence-electron chi connectivity index (χ0n) is 14.1. The summed E-state index contributed by atoms with van der Waals surface area (Å²) in [6, 6.07) is 19.1. The quantitative estimate of drug-likeness (QED) is 0.794. The minimum Gasteiger partial charge on any atom is -0.481 e. The molecule has 1 aliphatic heterocycles. The van der Waals surface area contributed by atoms with Gasteiger partial charge in [0.25, 0.3) is 7.44 Å². The van der Waals surface area contributed by atoms with Gasteiger partial charge in [-0.15, -0.1) is 0 Å². The predicted octanol–water partition coefficient (Wildman–Crippen LogP) is 4.58. The maximum atomic E-state index is 14.3. The van der Waals surface area contributed by atoms with E-state index in [4.69, 9.17) is 0 Å². The van der Waals surface area contributed by atoms with Crippen LogP contribution in [0.25, 0.3) is 0 Å². The lowest BCUT2D eigenvalue weighted by Crippen LogP contribution is -2.21. The number of benzene rings is 2. The van der Waals surface area contributed by atoms with Crippen molar-refractivity contribution < 1.29 is 14.5 Å². The zero-order chi connectivity index (χ0) is 17.9. The first-order chi connectivity index (χ1) is 12.1. The van der Waals surface area contributed by atoms with Crippen LogP contribution in [0, 0.1) is 0 Å². The molecule has 0 aromatic heterocycles. The van der Waals surface area contributed by atoms with Crippen LogP contribution in [0.2, 0.25) is 0 Å². The average Bonchev–Trinajstić information content (AvgIpc) is 2.99. The molecule has 6 heteroatoms. The van der Waals surface area contributed by atoms with Crippen LogP contribution in [-0.2, 0) is 9.36 Å². The van der Waals surface area contributed by atoms with E-state index < -0.39 is 13.4 Å². The molecule has 2 aromatic rings. The number of para-hydroxylation sites is 2. The van der Waals surface area contributed by atoms with E-state index in [1.807, 2.05) is 70.0 Å². The van der Waals surface area contributed by atoms with Crippen molar-refractivity contribution in [2.24, 2.45) is 0 Å². The molecular formula is C19H21N2O3P. The van der Waals surface area contributed by atoms with Crippen LogP contribution in [0.3, 0.4) is 0 Å². The molecule has 0 bridgehead atoms. The van der Waals surface area contributed by atoms with Crippen LogP contribution in [0.4, 0.5) is 11.4 Å². The van der Waals surface area contributed by atoms with Crippen LogP contribution in [0.1, 0.15) is 13.3 Å². The molecule has 5 nitrogen and oxygen atoms in total. The Labute approximate surface area is 147 Å². The number of carboxylic acids is 1. The van der Waals surface area contributed by atoms with Crippen molar-refractivity contribution in [2.75, 3.05) is 22.4 Å². The molecule has 0 spiro atoms. The lowest BCUT2D eigenvalue weighted by molar-refractivity contribution is -0.136. The first-order valence-electron chi connectivity index (χ1n) is 8.21. The maximum Gasteiger partial charge on any atom is 0.308 e. The van der Waals surface area contributed by atoms with Gasteiger partial charge in [-0.05, 0) is 31.2 Å². The third kappa shape index (κ3) is 3.20. The summed E-state index contributed by atoms with van der Waals surface area (Å²) in [6.07, 6.45) is 1.45. The van der Waals surface area contributed by atoms with Gasteiger partial charge in [0, 0.05) is 29.8 Å². The molecule has 25 heavy (non-hydrogen) atoms. The number of aliphatic carboxylic acids is 1. The van der Waals surface area contributed by atoms with Crippen molar-refractivity contribution in [3.8, 4) is 0 Å². The molecule has 0 aliphatic carbocycles. The Morgan fingerprint density at radius 2 is 1.44 bits per heavy atom. The van der Waals surface area contributed by atoms with Gasteiger partial charge in [0.2, 0.25) is 0 Å². The fourth-order valence-electron chi connectivity index (χ4n) is 3.20. The van der Waals surface area contributed by atoms with E-state index in [9.17, 15) is 14.5 Å². The molecule has 1 heterocycles. The van der Waals surface area contributed by atoms with E-state index in [1.54, 1.807) is 13.0 Å². The van der Waals surface area contributed by atoms with Crippen molar-refractivity contribution >= 4 is 24.8 Å². The van der Waals surface area contributed by atoms with Gasteiger partial charge < -0.3 is 14.4 Å². The molecule has 1 fully saturated rings. The van der Waals surface area contributed by atoms with Gasteiger partial charge in [-0.25, -0.2) is 0 Å². The lowest BCUT2D eigenvalue weighted by Gasteiger charge is -2.34. The largest absolute Gasteiger partial charge is 0.481 e. The summed E-state index contributed by atoms with van der Waals surface area (Å²) in [6.45, 7) is 2.91. The van der Waals surface area contributed by atoms with E-state index in [-0.39, 0.29) is 6.42 Å². The van der Waals surface area contributed by atoms with Gasteiger partial charge >= 0.3 is 5.97 Å². The predicted molar refractivity (Wildman–Crippen MR) is 101 cm³/mol. The number of allylic oxidation sites excluding steroid dienone is 1. The van der Waals surface area contributed by atoms with Gasteiger partial charge in [0.15, 0.2) is 0 Å². The minimum atomic E-state index is -3.25. The summed E-state index contributed by atoms with van der Waals surface area (Å²) in [5.74, 6) is -0.976. The summed E-state index contributed by atoms with van der Waals surface area (Å²) in [5, 5.41) is 9.75. The van der Waals surface area contributed by atoms with Crippen LogP contribution < -0.4 is 9.34 Å². The first-order valence-corrected chi connectivity index (χ1v) is 9.82. The Morgan fingerprint density at radius 3 is 1.80 bits per heavy atom. The molecule has 130 valence electrons. The molecule has 1 N–H and O–H groups in total. The monoisotopic (exact) mass is 356 g/mol. The van der Waals surface area contributed by atoms with Gasteiger partial charge in [-0.1, -0.05) is 42.5 Å². The molecule has 3 rings (SSSR count). The van der Waals surface area contributed by atoms with Crippen molar-refractivity contribution in [2.45, 2.75) is 13.3 Å². The van der Waals surface area contributed by atoms with Crippen LogP contribution in [0.5, 0.6) is 0 Å². The number of rotatable bonds is 5. The van der Waals surface area contributed by atoms with Gasteiger partial charge in [0.1, 0.15) is 0 Å². The molecule has 0 atom stereocenters. The normalized spacial score (nSPS) is 16.9. The Morgan fingerprint density at radius 1 is 1.00 bits per heavy atom. The van der Waals surface area contributed by atoms with Crippen molar-refractivity contribution in [3.05, 3.63) is 72.1 Å². The van der Waals surface area contributed by atoms with Crippen LogP contribution >= 0.6 is 7.44 Å². The third-order valence-electron chi connectivity index (χ3n) is 4.33. The summed E-state index contributed by atoms with van der Waals surface area (Å²) >= 11 is 0. The Bertz CT molecular complexity index is 770. The molecule has 1 aliphatic rings. The average molecular weight is 356 g/mol. The van der Waals surface area contributed by atoms with E-state index in [0.29, 0.717) is 18.4 Å². The van der Waals surface area contributed by atoms with Gasteiger partial charge in [-0.3, -0.25) is 9.36 Å². The number of hydrogen-bond donors (Lipinski definition) is 1. The molecule has 0 saturated carbocycles. The second-order valence-corrected chi connectivity index (χ2v) is 8.44. The fraction of sp³-hybridized carbons (Fsp3) is 0.211. The Balaban J connectivity index is 2.12. The highest BCUT2D eigenvalue weighted by molar-refractivity contribution is 7.71. The lowest BCUT2D eigenvalue weighted by atomic mass is 10.3. The number of carbonyl (C=O) groups is 1. The fourth-order valence-corrected chi connectivity index (χ4v) is 6.37. The SMILES string of the molecule is C/C=C(\CC(=O)O)P1(=O)N(c2ccccc2)CCN1c1ccccc1. The number of nitrogens with zero attached hydrogens (tertiary/aromatic N) is 2. The van der Waals surface area contributed by atoms with Crippen molar-refractivity contribution in [1.29, 1.82) is 0 Å². The molecule has 0 unspecified atom stereocenters. The second kappa shape index (κ2) is 7.16. The number of anilines is 2. The molecule has 2 aromatic carbocycles. The standard InChI is InChI=1S/C19H21N2O3P/c1-2-18(15-19(22)23)25(24)20(16-9-5-3-6-10-16)13-14-21(25)17-11-7-4-8-12-17/h2-12H,13-15H2,1H3,(H,22,23)/b18-2+. The van der Waals surface area contributed by atoms with Crippen LogP contribution in [-0.4, -0.2) is 24.2 Å². The highest BCUT2D eigenvalue weighted by atomic mass is 31.2. The first kappa shape index (κ1) is 17.3. The Hall–Kier alpha value is -2.52. The summed E-state index contributed by atoms with van der Waals surface area (Å²) in [7, 11) is -3.25. The molecule has 1 saturated heterocycles. The maximum absolute atomic E-state index is 14.3. The molecule has 0 radical (unpaired) electrons. The highest BCUT2D eigenvalue weighted by Crippen LogP contribution is 2.66. The minimum absolute atomic E-state index is 0.236. The molecule has 0 amide bonds. The zero-order valence-corrected chi connectivity index (χ0v) is 15.0. The van der Waals surface area contributed by atoms with E-state index in [0.717, 1.165) is 11.4 Å². The van der Waals surface area contributed by atoms with Crippen LogP contribution in [0.15, 0.2) is 72.1 Å². The van der Waals surface area contributed by atoms with E-state index in [1.165, 1.54) is 0 Å². The van der Waals surface area contributed by atoms with Crippen molar-refractivity contribution in [3.63, 3.8) is 0 Å². The van der Waals surface area contributed by atoms with E-state index >= 15 is 0 Å². The van der Waals surface area contributed by atoms with Gasteiger partial charge in [0.05, 0.1) is 6.42 Å². The summed E-state index contributed by atoms with van der Waals surface area (Å²) in [5.41, 5.74) is 1.68. The second-order valence-electron chi connectivity index (χ2n) is 5.81. The van der Waals surface area contributed by atoms with Crippen molar-refractivity contribution in [1.82, 2.24) is 0 Å².